The Bertz CT molecular complexity index is 1640. The van der Waals surface area contributed by atoms with Gasteiger partial charge in [0, 0.05) is 19.0 Å². The average molecular weight is 982 g/mol. The van der Waals surface area contributed by atoms with Crippen molar-refractivity contribution in [1.29, 1.82) is 0 Å². The Morgan fingerprint density at radius 1 is 0.727 bits per heavy atom. The minimum atomic E-state index is -5.42. The molecule has 384 valence electrons. The molecule has 1 fully saturated rings. The first-order chi connectivity index (χ1) is 31.4. The van der Waals surface area contributed by atoms with Gasteiger partial charge < -0.3 is 39.9 Å². The number of hydrogen-bond acceptors (Lipinski definition) is 15. The van der Waals surface area contributed by atoms with Gasteiger partial charge in [-0.2, -0.15) is 9.29 Å². The first-order valence-electron chi connectivity index (χ1n) is 24.8. The second-order valence-corrected chi connectivity index (χ2v) is 21.4. The van der Waals surface area contributed by atoms with Crippen LogP contribution in [0, 0.1) is 11.8 Å². The summed E-state index contributed by atoms with van der Waals surface area (Å²) in [6.07, 6.45) is 20.8. The van der Waals surface area contributed by atoms with Crippen molar-refractivity contribution in [3.8, 4) is 0 Å². The van der Waals surface area contributed by atoms with E-state index >= 15 is 0 Å². The number of hydrogen-bond donors (Lipinski definition) is 5. The SMILES string of the molecule is CCC(C)CCCCCCCCC(=O)OC[C@H](COP(=O)(O)OP(=O)(O)OC[C@H]1O[C@@H](n2ccc(N)nc2=O)C(O)[C@H]1O)OC(=O)CCCCCCCCCCCCCCCCCC(C)C. The third-order valence-corrected chi connectivity index (χ3v) is 14.5. The van der Waals surface area contributed by atoms with Crippen LogP contribution in [0.25, 0.3) is 0 Å². The Hall–Kier alpha value is -2.24. The number of anilines is 1. The molecule has 1 aromatic rings. The van der Waals surface area contributed by atoms with Crippen molar-refractivity contribution >= 4 is 33.4 Å². The molecule has 0 amide bonds. The van der Waals surface area contributed by atoms with Crippen LogP contribution in [-0.2, 0) is 46.3 Å². The quantitative estimate of drug-likeness (QED) is 0.0233. The summed E-state index contributed by atoms with van der Waals surface area (Å²) in [7, 11) is -10.8. The number of nitrogens with two attached hydrogens (primary N) is 1. The summed E-state index contributed by atoms with van der Waals surface area (Å²) in [4.78, 5) is 61.8. The maximum Gasteiger partial charge on any atom is 0.481 e. The largest absolute Gasteiger partial charge is 0.481 e. The number of aliphatic hydroxyl groups excluding tert-OH is 2. The van der Waals surface area contributed by atoms with Crippen LogP contribution in [0.15, 0.2) is 17.1 Å². The molecule has 0 saturated carbocycles. The van der Waals surface area contributed by atoms with Crippen molar-refractivity contribution in [2.45, 2.75) is 225 Å². The molecular weight excluding hydrogens is 896 g/mol. The van der Waals surface area contributed by atoms with E-state index in [2.05, 4.69) is 37.0 Å². The van der Waals surface area contributed by atoms with Crippen LogP contribution in [0.2, 0.25) is 0 Å². The topological polar surface area (TPSA) is 265 Å². The maximum absolute atomic E-state index is 12.8. The number of esters is 2. The third kappa shape index (κ3) is 27.7. The van der Waals surface area contributed by atoms with Gasteiger partial charge in [0.15, 0.2) is 12.3 Å². The monoisotopic (exact) mass is 982 g/mol. The van der Waals surface area contributed by atoms with E-state index in [4.69, 9.17) is 29.0 Å². The van der Waals surface area contributed by atoms with Crippen LogP contribution in [0.3, 0.4) is 0 Å². The number of carbonyl (C=O) groups is 2. The zero-order valence-electron chi connectivity index (χ0n) is 40.3. The number of aromatic nitrogens is 2. The predicted molar refractivity (Wildman–Crippen MR) is 252 cm³/mol. The van der Waals surface area contributed by atoms with Crippen LogP contribution >= 0.6 is 15.6 Å². The maximum atomic E-state index is 12.8. The number of nitrogens with zero attached hydrogens (tertiary/aromatic N) is 2. The summed E-state index contributed by atoms with van der Waals surface area (Å²) < 4.78 is 56.7. The highest BCUT2D eigenvalue weighted by Crippen LogP contribution is 2.60. The number of carbonyl (C=O) groups excluding carboxylic acids is 2. The number of aliphatic hydroxyl groups is 2. The first kappa shape index (κ1) is 59.9. The molecule has 0 aromatic carbocycles. The predicted octanol–water partition coefficient (Wildman–Crippen LogP) is 9.60. The standard InChI is InChI=1S/C46H85N3O15P2/c1-5-37(4)28-24-20-17-18-21-25-29-41(50)59-33-38(62-42(51)30-26-22-16-14-12-10-8-6-7-9-11-13-15-19-23-27-36(2)3)34-60-65(55,56)64-66(57,58)61-35-39-43(52)44(53)45(63-39)49-32-31-40(47)48-46(49)54/h31-32,36-39,43-45,52-53H,5-30,33-35H2,1-4H3,(H,55,56)(H,57,58)(H2,47,48,54)/t37?,38-,39-,43+,44?,45-/m1/s1. The molecule has 20 heteroatoms. The number of ether oxygens (including phenoxy) is 3. The van der Waals surface area contributed by atoms with Gasteiger partial charge in [-0.3, -0.25) is 23.2 Å². The van der Waals surface area contributed by atoms with Crippen molar-refractivity contribution in [1.82, 2.24) is 9.55 Å². The van der Waals surface area contributed by atoms with Crippen molar-refractivity contribution in [3.63, 3.8) is 0 Å². The van der Waals surface area contributed by atoms with Crippen LogP contribution in [-0.4, -0.2) is 85.7 Å². The van der Waals surface area contributed by atoms with Gasteiger partial charge >= 0.3 is 33.3 Å². The molecule has 18 nitrogen and oxygen atoms in total. The lowest BCUT2D eigenvalue weighted by Crippen LogP contribution is -2.36. The lowest BCUT2D eigenvalue weighted by molar-refractivity contribution is -0.161. The molecule has 1 aliphatic heterocycles. The van der Waals surface area contributed by atoms with E-state index in [0.29, 0.717) is 12.8 Å². The fourth-order valence-corrected chi connectivity index (χ4v) is 9.76. The summed E-state index contributed by atoms with van der Waals surface area (Å²) in [5.74, 6) is 0.242. The van der Waals surface area contributed by atoms with E-state index < -0.39 is 83.7 Å². The van der Waals surface area contributed by atoms with Crippen molar-refractivity contribution in [2.75, 3.05) is 25.6 Å². The number of unbranched alkanes of at least 4 members (excludes halogenated alkanes) is 19. The fraction of sp³-hybridized carbons (Fsp3) is 0.870. The van der Waals surface area contributed by atoms with E-state index in [9.17, 15) is 43.5 Å². The van der Waals surface area contributed by atoms with Gasteiger partial charge in [0.05, 0.1) is 13.2 Å². The summed E-state index contributed by atoms with van der Waals surface area (Å²) in [5, 5.41) is 20.9. The summed E-state index contributed by atoms with van der Waals surface area (Å²) >= 11 is 0. The van der Waals surface area contributed by atoms with E-state index in [-0.39, 0.29) is 18.7 Å². The van der Waals surface area contributed by atoms with Gasteiger partial charge in [0.2, 0.25) is 0 Å². The summed E-state index contributed by atoms with van der Waals surface area (Å²) in [6, 6.07) is 1.25. The number of nitrogen functional groups attached to an aromatic ring is 1. The Kier molecular flexibility index (Phi) is 31.0. The molecule has 2 heterocycles. The Balaban J connectivity index is 1.79. The zero-order valence-corrected chi connectivity index (χ0v) is 42.1. The number of rotatable bonds is 40. The van der Waals surface area contributed by atoms with Crippen molar-refractivity contribution in [3.05, 3.63) is 22.7 Å². The van der Waals surface area contributed by atoms with Gasteiger partial charge in [-0.15, -0.1) is 0 Å². The third-order valence-electron chi connectivity index (χ3n) is 11.9. The van der Waals surface area contributed by atoms with E-state index in [1.165, 1.54) is 102 Å². The highest BCUT2D eigenvalue weighted by atomic mass is 31.3. The normalized spacial score (nSPS) is 20.2. The first-order valence-corrected chi connectivity index (χ1v) is 27.8. The Morgan fingerprint density at radius 3 is 1.73 bits per heavy atom. The molecule has 0 aliphatic carbocycles. The second-order valence-electron chi connectivity index (χ2n) is 18.4. The molecule has 1 aliphatic rings. The van der Waals surface area contributed by atoms with Gasteiger partial charge in [0.1, 0.15) is 30.7 Å². The molecule has 0 bridgehead atoms. The second kappa shape index (κ2) is 34.1. The van der Waals surface area contributed by atoms with Gasteiger partial charge in [0.25, 0.3) is 0 Å². The fourth-order valence-electron chi connectivity index (χ4n) is 7.65. The molecule has 4 unspecified atom stereocenters. The molecule has 0 radical (unpaired) electrons. The molecule has 6 N–H and O–H groups in total. The Labute approximate surface area is 393 Å². The zero-order chi connectivity index (χ0) is 48.8. The minimum Gasteiger partial charge on any atom is -0.462 e. The number of phosphoric acid groups is 2. The average Bonchev–Trinajstić information content (AvgIpc) is 3.53. The smallest absolute Gasteiger partial charge is 0.462 e. The van der Waals surface area contributed by atoms with Gasteiger partial charge in [-0.25, -0.2) is 13.9 Å². The molecule has 2 rings (SSSR count). The van der Waals surface area contributed by atoms with Crippen LogP contribution in [0.5, 0.6) is 0 Å². The van der Waals surface area contributed by atoms with E-state index in [0.717, 1.165) is 67.8 Å². The van der Waals surface area contributed by atoms with Crippen molar-refractivity contribution in [2.24, 2.45) is 11.8 Å². The molecule has 0 spiro atoms. The van der Waals surface area contributed by atoms with Crippen molar-refractivity contribution < 1.29 is 66.3 Å². The summed E-state index contributed by atoms with van der Waals surface area (Å²) in [5.41, 5.74) is 4.59. The lowest BCUT2D eigenvalue weighted by atomic mass is 10.00. The molecule has 1 aromatic heterocycles. The Morgan fingerprint density at radius 2 is 1.21 bits per heavy atom. The van der Waals surface area contributed by atoms with E-state index in [1.54, 1.807) is 0 Å². The van der Waals surface area contributed by atoms with Crippen LogP contribution < -0.4 is 11.4 Å². The molecule has 1 saturated heterocycles. The highest BCUT2D eigenvalue weighted by Gasteiger charge is 2.46. The van der Waals surface area contributed by atoms with Crippen LogP contribution in [0.4, 0.5) is 5.82 Å². The van der Waals surface area contributed by atoms with Gasteiger partial charge in [-0.05, 0) is 30.7 Å². The number of phosphoric ester groups is 2. The van der Waals surface area contributed by atoms with Crippen LogP contribution in [0.1, 0.15) is 201 Å². The van der Waals surface area contributed by atoms with Gasteiger partial charge in [-0.1, -0.05) is 169 Å². The highest BCUT2D eigenvalue weighted by molar-refractivity contribution is 7.61. The molecular formula is C46H85N3O15P2. The molecule has 8 atom stereocenters. The minimum absolute atomic E-state index is 0.0562. The lowest BCUT2D eigenvalue weighted by Gasteiger charge is -2.21. The van der Waals surface area contributed by atoms with E-state index in [1.807, 2.05) is 0 Å². The summed E-state index contributed by atoms with van der Waals surface area (Å²) in [6.45, 7) is 6.74. The molecule has 66 heavy (non-hydrogen) atoms.